The van der Waals surface area contributed by atoms with Crippen LogP contribution in [0.4, 0.5) is 5.82 Å². The topological polar surface area (TPSA) is 83.2 Å². The lowest BCUT2D eigenvalue weighted by Gasteiger charge is -2.10. The van der Waals surface area contributed by atoms with Crippen LogP contribution in [0.1, 0.15) is 0 Å². The minimum Gasteiger partial charge on any atom is -0.493 e. The fourth-order valence-electron chi connectivity index (χ4n) is 2.09. The second-order valence-corrected chi connectivity index (χ2v) is 4.37. The zero-order chi connectivity index (χ0) is 14.8. The number of ether oxygens (including phenoxy) is 2. The molecule has 2 heterocycles. The molecule has 106 valence electrons. The molecule has 21 heavy (non-hydrogen) atoms. The van der Waals surface area contributed by atoms with Gasteiger partial charge < -0.3 is 15.2 Å². The van der Waals surface area contributed by atoms with Crippen LogP contribution in [0.5, 0.6) is 11.5 Å². The Bertz CT molecular complexity index is 791. The van der Waals surface area contributed by atoms with E-state index in [1.54, 1.807) is 32.5 Å². The number of benzene rings is 1. The van der Waals surface area contributed by atoms with Crippen molar-refractivity contribution < 1.29 is 9.47 Å². The van der Waals surface area contributed by atoms with Gasteiger partial charge in [-0.2, -0.15) is 0 Å². The second kappa shape index (κ2) is 5.24. The van der Waals surface area contributed by atoms with Gasteiger partial charge in [0.25, 0.3) is 0 Å². The van der Waals surface area contributed by atoms with Crippen molar-refractivity contribution in [1.82, 2.24) is 15.0 Å². The molecule has 0 aliphatic carbocycles. The van der Waals surface area contributed by atoms with Gasteiger partial charge in [0.1, 0.15) is 11.5 Å². The molecule has 2 aromatic heterocycles. The van der Waals surface area contributed by atoms with Crippen LogP contribution in [0.3, 0.4) is 0 Å². The number of aromatic nitrogens is 3. The molecular weight excluding hydrogens is 268 g/mol. The number of pyridine rings is 1. The summed E-state index contributed by atoms with van der Waals surface area (Å²) in [4.78, 5) is 13.0. The van der Waals surface area contributed by atoms with Crippen LogP contribution in [0.25, 0.3) is 22.4 Å². The lowest BCUT2D eigenvalue weighted by Crippen LogP contribution is -2.00. The first-order valence-corrected chi connectivity index (χ1v) is 6.33. The molecule has 0 saturated carbocycles. The maximum atomic E-state index is 6.03. The molecule has 0 fully saturated rings. The average Bonchev–Trinajstić information content (AvgIpc) is 2.54. The summed E-state index contributed by atoms with van der Waals surface area (Å²) in [5.41, 5.74) is 7.38. The normalized spacial score (nSPS) is 10.6. The Balaban J connectivity index is 2.24. The van der Waals surface area contributed by atoms with Gasteiger partial charge in [-0.25, -0.2) is 9.97 Å². The zero-order valence-corrected chi connectivity index (χ0v) is 11.7. The molecular formula is C15H14N4O2. The van der Waals surface area contributed by atoms with Crippen molar-refractivity contribution in [1.29, 1.82) is 0 Å². The standard InChI is InChI=1S/C15H14N4O2/c1-20-12-7-9-11(8-13(12)21-2)18-15(19-14(9)16)10-5-3-4-6-17-10/h3-8H,1-2H3,(H2,16,18,19). The minimum absolute atomic E-state index is 0.376. The van der Waals surface area contributed by atoms with Crippen molar-refractivity contribution in [2.24, 2.45) is 0 Å². The van der Waals surface area contributed by atoms with Crippen molar-refractivity contribution in [2.45, 2.75) is 0 Å². The van der Waals surface area contributed by atoms with Gasteiger partial charge in [0.15, 0.2) is 17.3 Å². The molecule has 6 heteroatoms. The smallest absolute Gasteiger partial charge is 0.180 e. The zero-order valence-electron chi connectivity index (χ0n) is 11.7. The van der Waals surface area contributed by atoms with Crippen LogP contribution >= 0.6 is 0 Å². The molecule has 0 aliphatic heterocycles. The summed E-state index contributed by atoms with van der Waals surface area (Å²) >= 11 is 0. The quantitative estimate of drug-likeness (QED) is 0.793. The van der Waals surface area contributed by atoms with Crippen molar-refractivity contribution >= 4 is 16.7 Å². The van der Waals surface area contributed by atoms with Crippen LogP contribution < -0.4 is 15.2 Å². The fraction of sp³-hybridized carbons (Fsp3) is 0.133. The highest BCUT2D eigenvalue weighted by atomic mass is 16.5. The van der Waals surface area contributed by atoms with Crippen molar-refractivity contribution in [3.05, 3.63) is 36.5 Å². The summed E-state index contributed by atoms with van der Waals surface area (Å²) in [5, 5.41) is 0.715. The summed E-state index contributed by atoms with van der Waals surface area (Å²) in [7, 11) is 3.15. The summed E-state index contributed by atoms with van der Waals surface area (Å²) in [5.74, 6) is 2.04. The van der Waals surface area contributed by atoms with Crippen LogP contribution in [-0.2, 0) is 0 Å². The predicted molar refractivity (Wildman–Crippen MR) is 80.3 cm³/mol. The molecule has 3 rings (SSSR count). The van der Waals surface area contributed by atoms with E-state index in [1.807, 2.05) is 18.2 Å². The van der Waals surface area contributed by atoms with E-state index in [9.17, 15) is 0 Å². The lowest BCUT2D eigenvalue weighted by atomic mass is 10.2. The van der Waals surface area contributed by atoms with Crippen LogP contribution in [0.15, 0.2) is 36.5 Å². The van der Waals surface area contributed by atoms with Gasteiger partial charge in [-0.3, -0.25) is 4.98 Å². The lowest BCUT2D eigenvalue weighted by molar-refractivity contribution is 0.356. The Kier molecular flexibility index (Phi) is 3.27. The van der Waals surface area contributed by atoms with Gasteiger partial charge in [0.05, 0.1) is 19.7 Å². The monoisotopic (exact) mass is 282 g/mol. The van der Waals surface area contributed by atoms with E-state index in [2.05, 4.69) is 15.0 Å². The summed E-state index contributed by atoms with van der Waals surface area (Å²) < 4.78 is 10.6. The molecule has 0 aliphatic rings. The molecule has 3 aromatic rings. The minimum atomic E-state index is 0.376. The molecule has 0 unspecified atom stereocenters. The van der Waals surface area contributed by atoms with E-state index in [0.29, 0.717) is 39.7 Å². The Morgan fingerprint density at radius 1 is 1.00 bits per heavy atom. The second-order valence-electron chi connectivity index (χ2n) is 4.37. The highest BCUT2D eigenvalue weighted by Crippen LogP contribution is 2.33. The van der Waals surface area contributed by atoms with E-state index in [4.69, 9.17) is 15.2 Å². The fourth-order valence-corrected chi connectivity index (χ4v) is 2.09. The molecule has 1 aromatic carbocycles. The third-order valence-electron chi connectivity index (χ3n) is 3.12. The Labute approximate surface area is 121 Å². The molecule has 6 nitrogen and oxygen atoms in total. The molecule has 2 N–H and O–H groups in total. The van der Waals surface area contributed by atoms with E-state index >= 15 is 0 Å². The van der Waals surface area contributed by atoms with Crippen molar-refractivity contribution in [3.8, 4) is 23.0 Å². The molecule has 0 atom stereocenters. The largest absolute Gasteiger partial charge is 0.493 e. The molecule has 0 bridgehead atoms. The number of nitrogen functional groups attached to an aromatic ring is 1. The van der Waals surface area contributed by atoms with Gasteiger partial charge in [-0.05, 0) is 18.2 Å². The van der Waals surface area contributed by atoms with Gasteiger partial charge in [-0.15, -0.1) is 0 Å². The highest BCUT2D eigenvalue weighted by molar-refractivity contribution is 5.92. The Morgan fingerprint density at radius 3 is 2.43 bits per heavy atom. The van der Waals surface area contributed by atoms with Crippen LogP contribution in [0, 0.1) is 0 Å². The maximum absolute atomic E-state index is 6.03. The van der Waals surface area contributed by atoms with Crippen LogP contribution in [-0.4, -0.2) is 29.2 Å². The van der Waals surface area contributed by atoms with Gasteiger partial charge in [-0.1, -0.05) is 6.07 Å². The number of rotatable bonds is 3. The number of nitrogens with two attached hydrogens (primary N) is 1. The Morgan fingerprint density at radius 2 is 1.76 bits per heavy atom. The van der Waals surface area contributed by atoms with Crippen molar-refractivity contribution in [3.63, 3.8) is 0 Å². The van der Waals surface area contributed by atoms with Gasteiger partial charge in [0, 0.05) is 17.6 Å². The first-order valence-electron chi connectivity index (χ1n) is 6.33. The summed E-state index contributed by atoms with van der Waals surface area (Å²) in [6.07, 6.45) is 1.69. The number of hydrogen-bond donors (Lipinski definition) is 1. The van der Waals surface area contributed by atoms with E-state index in [0.717, 1.165) is 0 Å². The van der Waals surface area contributed by atoms with Gasteiger partial charge in [0.2, 0.25) is 0 Å². The number of hydrogen-bond acceptors (Lipinski definition) is 6. The van der Waals surface area contributed by atoms with Gasteiger partial charge >= 0.3 is 0 Å². The Hall–Kier alpha value is -2.89. The van der Waals surface area contributed by atoms with E-state index in [1.165, 1.54) is 0 Å². The van der Waals surface area contributed by atoms with Crippen LogP contribution in [0.2, 0.25) is 0 Å². The van der Waals surface area contributed by atoms with E-state index in [-0.39, 0.29) is 0 Å². The summed E-state index contributed by atoms with van der Waals surface area (Å²) in [6, 6.07) is 9.09. The molecule has 0 radical (unpaired) electrons. The molecule has 0 spiro atoms. The number of fused-ring (bicyclic) bond motifs is 1. The first kappa shape index (κ1) is 13.1. The number of anilines is 1. The predicted octanol–water partition coefficient (Wildman–Crippen LogP) is 2.29. The van der Waals surface area contributed by atoms with Crippen molar-refractivity contribution in [2.75, 3.05) is 20.0 Å². The SMILES string of the molecule is COc1cc2nc(-c3ccccn3)nc(N)c2cc1OC. The molecule has 0 amide bonds. The third kappa shape index (κ3) is 2.31. The number of nitrogens with zero attached hydrogens (tertiary/aromatic N) is 3. The highest BCUT2D eigenvalue weighted by Gasteiger charge is 2.12. The maximum Gasteiger partial charge on any atom is 0.180 e. The van der Waals surface area contributed by atoms with E-state index < -0.39 is 0 Å². The average molecular weight is 282 g/mol. The number of methoxy groups -OCH3 is 2. The third-order valence-corrected chi connectivity index (χ3v) is 3.12. The summed E-state index contributed by atoms with van der Waals surface area (Å²) in [6.45, 7) is 0. The first-order chi connectivity index (χ1) is 10.2. The molecule has 0 saturated heterocycles.